The van der Waals surface area contributed by atoms with E-state index in [9.17, 15) is 4.79 Å². The van der Waals surface area contributed by atoms with Gasteiger partial charge in [-0.25, -0.2) is 4.98 Å². The topological polar surface area (TPSA) is 68.0 Å². The van der Waals surface area contributed by atoms with Crippen LogP contribution in [0, 0.1) is 0 Å². The van der Waals surface area contributed by atoms with E-state index in [0.29, 0.717) is 0 Å². The summed E-state index contributed by atoms with van der Waals surface area (Å²) in [4.78, 5) is 16.3. The molecule has 0 saturated carbocycles. The molecular weight excluding hydrogens is 286 g/mol. The van der Waals surface area contributed by atoms with Crippen LogP contribution in [0.25, 0.3) is 0 Å². The van der Waals surface area contributed by atoms with Crippen LogP contribution in [-0.4, -0.2) is 10.9 Å². The molecule has 0 aliphatic heterocycles. The van der Waals surface area contributed by atoms with Crippen molar-refractivity contribution in [2.24, 2.45) is 0 Å². The van der Waals surface area contributed by atoms with Crippen LogP contribution in [0.5, 0.6) is 0 Å². The number of nitrogens with one attached hydrogen (secondary N) is 1. The minimum Gasteiger partial charge on any atom is -0.384 e. The summed E-state index contributed by atoms with van der Waals surface area (Å²) in [5.74, 6) is -0.113. The number of nitrogens with zero attached hydrogens (tertiary/aromatic N) is 1. The Balaban J connectivity index is 2.35. The van der Waals surface area contributed by atoms with Gasteiger partial charge in [-0.05, 0) is 29.2 Å². The van der Waals surface area contributed by atoms with Crippen molar-refractivity contribution in [1.82, 2.24) is 4.98 Å². The fraction of sp³-hybridized carbons (Fsp3) is 0.250. The predicted octanol–water partition coefficient (Wildman–Crippen LogP) is 3.87. The zero-order chi connectivity index (χ0) is 15.6. The molecule has 0 fully saturated rings. The van der Waals surface area contributed by atoms with Gasteiger partial charge in [0.15, 0.2) is 0 Å². The van der Waals surface area contributed by atoms with E-state index in [1.807, 2.05) is 24.3 Å². The minimum absolute atomic E-state index is 0.0865. The van der Waals surface area contributed by atoms with Crippen molar-refractivity contribution in [3.05, 3.63) is 52.7 Å². The van der Waals surface area contributed by atoms with Gasteiger partial charge in [-0.3, -0.25) is 4.79 Å². The van der Waals surface area contributed by atoms with Crippen LogP contribution in [0.15, 0.2) is 36.4 Å². The number of pyridine rings is 1. The van der Waals surface area contributed by atoms with Crippen LogP contribution in [0.2, 0.25) is 5.02 Å². The first-order valence-corrected chi connectivity index (χ1v) is 6.99. The van der Waals surface area contributed by atoms with Gasteiger partial charge in [0.2, 0.25) is 0 Å². The van der Waals surface area contributed by atoms with Crippen LogP contribution < -0.4 is 11.1 Å². The number of nitrogen functional groups attached to an aromatic ring is 1. The van der Waals surface area contributed by atoms with Gasteiger partial charge in [0.25, 0.3) is 5.91 Å². The highest BCUT2D eigenvalue weighted by Gasteiger charge is 2.20. The van der Waals surface area contributed by atoms with E-state index < -0.39 is 0 Å². The van der Waals surface area contributed by atoms with Crippen molar-refractivity contribution in [2.75, 3.05) is 11.1 Å². The molecular formula is C16H18ClN3O. The summed E-state index contributed by atoms with van der Waals surface area (Å²) in [6.07, 6.45) is 0. The maximum absolute atomic E-state index is 12.4. The maximum atomic E-state index is 12.4. The highest BCUT2D eigenvalue weighted by atomic mass is 35.5. The molecule has 0 atom stereocenters. The van der Waals surface area contributed by atoms with Gasteiger partial charge in [0.1, 0.15) is 11.5 Å². The third kappa shape index (κ3) is 3.52. The summed E-state index contributed by atoms with van der Waals surface area (Å²) < 4.78 is 0. The number of anilines is 2. The number of hydrogen-bond donors (Lipinski definition) is 2. The van der Waals surface area contributed by atoms with Gasteiger partial charge in [0, 0.05) is 5.69 Å². The summed E-state index contributed by atoms with van der Waals surface area (Å²) in [6, 6.07) is 10.8. The molecule has 2 rings (SSSR count). The van der Waals surface area contributed by atoms with E-state index in [1.165, 1.54) is 0 Å². The summed E-state index contributed by atoms with van der Waals surface area (Å²) in [5, 5.41) is 3.13. The Kier molecular flexibility index (Phi) is 4.19. The Morgan fingerprint density at radius 1 is 1.19 bits per heavy atom. The molecule has 110 valence electrons. The number of rotatable bonds is 2. The van der Waals surface area contributed by atoms with Crippen molar-refractivity contribution in [2.45, 2.75) is 26.2 Å². The van der Waals surface area contributed by atoms with Gasteiger partial charge in [-0.2, -0.15) is 0 Å². The zero-order valence-electron chi connectivity index (χ0n) is 12.3. The third-order valence-electron chi connectivity index (χ3n) is 3.07. The number of carbonyl (C=O) groups is 1. The smallest absolute Gasteiger partial charge is 0.275 e. The molecule has 4 nitrogen and oxygen atoms in total. The van der Waals surface area contributed by atoms with E-state index in [0.717, 1.165) is 11.3 Å². The maximum Gasteiger partial charge on any atom is 0.275 e. The summed E-state index contributed by atoms with van der Waals surface area (Å²) >= 11 is 6.01. The van der Waals surface area contributed by atoms with Crippen LogP contribution in [0.4, 0.5) is 11.5 Å². The van der Waals surface area contributed by atoms with Gasteiger partial charge >= 0.3 is 0 Å². The average Bonchev–Trinajstić information content (AvgIpc) is 2.41. The fourth-order valence-corrected chi connectivity index (χ4v) is 2.24. The molecule has 0 spiro atoms. The molecule has 2 aromatic rings. The van der Waals surface area contributed by atoms with E-state index in [-0.39, 0.29) is 27.9 Å². The molecule has 21 heavy (non-hydrogen) atoms. The lowest BCUT2D eigenvalue weighted by Gasteiger charge is -2.23. The number of halogens is 1. The number of benzene rings is 1. The molecule has 0 aliphatic carbocycles. The highest BCUT2D eigenvalue weighted by molar-refractivity contribution is 6.34. The molecule has 3 N–H and O–H groups in total. The molecule has 0 aliphatic rings. The fourth-order valence-electron chi connectivity index (χ4n) is 2.04. The van der Waals surface area contributed by atoms with Gasteiger partial charge in [-0.15, -0.1) is 0 Å². The normalized spacial score (nSPS) is 11.2. The largest absolute Gasteiger partial charge is 0.384 e. The Bertz CT molecular complexity index is 677. The van der Waals surface area contributed by atoms with Crippen LogP contribution in [0.1, 0.15) is 36.8 Å². The second-order valence-corrected chi connectivity index (χ2v) is 6.22. The lowest BCUT2D eigenvalue weighted by molar-refractivity contribution is 0.102. The number of para-hydroxylation sites is 1. The molecule has 5 heteroatoms. The Labute approximate surface area is 129 Å². The first-order chi connectivity index (χ1) is 9.79. The Morgan fingerprint density at radius 2 is 1.86 bits per heavy atom. The quantitative estimate of drug-likeness (QED) is 0.885. The van der Waals surface area contributed by atoms with E-state index in [2.05, 4.69) is 31.1 Å². The van der Waals surface area contributed by atoms with Gasteiger partial charge < -0.3 is 11.1 Å². The summed E-state index contributed by atoms with van der Waals surface area (Å²) in [5.41, 5.74) is 7.43. The van der Waals surface area contributed by atoms with Crippen molar-refractivity contribution in [3.63, 3.8) is 0 Å². The highest BCUT2D eigenvalue weighted by Crippen LogP contribution is 2.29. The molecule has 0 unspecified atom stereocenters. The number of nitrogens with two attached hydrogens (primary N) is 1. The number of hydrogen-bond acceptors (Lipinski definition) is 3. The molecule has 1 amide bonds. The first kappa shape index (κ1) is 15.3. The average molecular weight is 304 g/mol. The second-order valence-electron chi connectivity index (χ2n) is 5.82. The van der Waals surface area contributed by atoms with Crippen molar-refractivity contribution in [3.8, 4) is 0 Å². The van der Waals surface area contributed by atoms with Crippen LogP contribution in [-0.2, 0) is 5.41 Å². The Hall–Kier alpha value is -2.07. The first-order valence-electron chi connectivity index (χ1n) is 6.62. The van der Waals surface area contributed by atoms with Crippen LogP contribution in [0.3, 0.4) is 0 Å². The summed E-state index contributed by atoms with van der Waals surface area (Å²) in [7, 11) is 0. The van der Waals surface area contributed by atoms with E-state index in [1.54, 1.807) is 12.1 Å². The van der Waals surface area contributed by atoms with Crippen molar-refractivity contribution < 1.29 is 4.79 Å². The van der Waals surface area contributed by atoms with Crippen molar-refractivity contribution >= 4 is 29.0 Å². The lowest BCUT2D eigenvalue weighted by Crippen LogP contribution is -2.20. The minimum atomic E-state index is -0.371. The number of aromatic nitrogens is 1. The predicted molar refractivity (Wildman–Crippen MR) is 86.8 cm³/mol. The number of amides is 1. The van der Waals surface area contributed by atoms with Gasteiger partial charge in [0.05, 0.1) is 5.02 Å². The number of carbonyl (C=O) groups excluding carboxylic acids is 1. The molecule has 1 aromatic heterocycles. The third-order valence-corrected chi connectivity index (χ3v) is 3.37. The monoisotopic (exact) mass is 303 g/mol. The van der Waals surface area contributed by atoms with Crippen LogP contribution >= 0.6 is 11.6 Å². The summed E-state index contributed by atoms with van der Waals surface area (Å²) in [6.45, 7) is 6.26. The van der Waals surface area contributed by atoms with Crippen molar-refractivity contribution in [1.29, 1.82) is 0 Å². The lowest BCUT2D eigenvalue weighted by atomic mass is 9.86. The molecule has 0 bridgehead atoms. The SMILES string of the molecule is CC(C)(C)c1ccccc1NC(=O)c1nc(N)ccc1Cl. The standard InChI is InChI=1S/C16H18ClN3O/c1-16(2,3)10-6-4-5-7-12(10)19-15(21)14-11(17)8-9-13(18)20-14/h4-9H,1-3H3,(H2,18,20)(H,19,21). The molecule has 1 aromatic carbocycles. The van der Waals surface area contributed by atoms with E-state index >= 15 is 0 Å². The molecule has 0 saturated heterocycles. The molecule has 1 heterocycles. The van der Waals surface area contributed by atoms with Gasteiger partial charge in [-0.1, -0.05) is 50.6 Å². The zero-order valence-corrected chi connectivity index (χ0v) is 13.0. The Morgan fingerprint density at radius 3 is 2.52 bits per heavy atom. The van der Waals surface area contributed by atoms with E-state index in [4.69, 9.17) is 17.3 Å². The second kappa shape index (κ2) is 5.74. The molecule has 0 radical (unpaired) electrons.